The predicted octanol–water partition coefficient (Wildman–Crippen LogP) is 3.42. The molecule has 0 heterocycles. The molecule has 9 nitrogen and oxygen atoms in total. The van der Waals surface area contributed by atoms with Gasteiger partial charge < -0.3 is 14.4 Å². The quantitative estimate of drug-likeness (QED) is 0.331. The molecule has 0 spiro atoms. The highest BCUT2D eigenvalue weighted by atomic mass is 32.2. The van der Waals surface area contributed by atoms with Crippen LogP contribution in [-0.2, 0) is 14.8 Å². The number of hydrogen-bond acceptors (Lipinski definition) is 7. The van der Waals surface area contributed by atoms with E-state index in [9.17, 15) is 13.2 Å². The van der Waals surface area contributed by atoms with E-state index in [1.807, 2.05) is 50.2 Å². The molecule has 10 heteroatoms. The summed E-state index contributed by atoms with van der Waals surface area (Å²) in [4.78, 5) is 14.7. The monoisotopic (exact) mass is 510 g/mol. The van der Waals surface area contributed by atoms with Gasteiger partial charge in [-0.25, -0.2) is 13.8 Å². The van der Waals surface area contributed by atoms with E-state index in [4.69, 9.17) is 9.47 Å². The molecule has 0 bridgehead atoms. The Bertz CT molecular complexity index is 1320. The first-order valence-electron chi connectivity index (χ1n) is 11.1. The Morgan fingerprint density at radius 2 is 1.53 bits per heavy atom. The Kier molecular flexibility index (Phi) is 8.55. The molecular formula is C26H30N4O5S. The van der Waals surface area contributed by atoms with Gasteiger partial charge in [-0.2, -0.15) is 5.10 Å². The number of anilines is 2. The lowest BCUT2D eigenvalue weighted by Crippen LogP contribution is -2.39. The van der Waals surface area contributed by atoms with Crippen molar-refractivity contribution in [2.45, 2.75) is 11.8 Å². The molecule has 0 radical (unpaired) electrons. The minimum absolute atomic E-state index is 0.0435. The number of aryl methyl sites for hydroxylation is 1. The number of methoxy groups -OCH3 is 2. The van der Waals surface area contributed by atoms with Gasteiger partial charge >= 0.3 is 0 Å². The van der Waals surface area contributed by atoms with Crippen LogP contribution in [0.15, 0.2) is 76.7 Å². The Morgan fingerprint density at radius 3 is 2.11 bits per heavy atom. The molecule has 0 aliphatic carbocycles. The minimum Gasteiger partial charge on any atom is -0.493 e. The molecule has 0 fully saturated rings. The van der Waals surface area contributed by atoms with E-state index < -0.39 is 22.5 Å². The van der Waals surface area contributed by atoms with Crippen LogP contribution in [0.2, 0.25) is 0 Å². The number of nitrogens with one attached hydrogen (secondary N) is 1. The van der Waals surface area contributed by atoms with Gasteiger partial charge in [0, 0.05) is 25.8 Å². The Labute approximate surface area is 212 Å². The molecule has 1 N–H and O–H groups in total. The number of carbonyl (C=O) groups is 1. The van der Waals surface area contributed by atoms with Crippen LogP contribution in [0.4, 0.5) is 11.4 Å². The maximum atomic E-state index is 13.6. The largest absolute Gasteiger partial charge is 0.493 e. The zero-order chi connectivity index (χ0) is 26.3. The zero-order valence-corrected chi connectivity index (χ0v) is 21.7. The lowest BCUT2D eigenvalue weighted by molar-refractivity contribution is -0.119. The lowest BCUT2D eigenvalue weighted by atomic mass is 10.2. The van der Waals surface area contributed by atoms with Gasteiger partial charge in [-0.05, 0) is 48.9 Å². The Hall–Kier alpha value is -4.05. The molecule has 190 valence electrons. The highest BCUT2D eigenvalue weighted by Crippen LogP contribution is 2.32. The summed E-state index contributed by atoms with van der Waals surface area (Å²) in [7, 11) is 2.64. The normalized spacial score (nSPS) is 11.2. The van der Waals surface area contributed by atoms with Crippen molar-refractivity contribution in [1.29, 1.82) is 0 Å². The van der Waals surface area contributed by atoms with Gasteiger partial charge in [0.25, 0.3) is 15.9 Å². The topological polar surface area (TPSA) is 101 Å². The van der Waals surface area contributed by atoms with E-state index >= 15 is 0 Å². The molecule has 1 amide bonds. The van der Waals surface area contributed by atoms with E-state index in [0.717, 1.165) is 21.1 Å². The standard InChI is InChI=1S/C26H30N4O5S/c1-19-6-10-22(11-7-19)30(36(32,33)23-14-15-24(34-4)25(16-23)35-5)18-26(31)28-27-17-20-8-12-21(13-9-20)29(2)3/h6-17H,18H2,1-5H3,(H,28,31)/b27-17-. The molecule has 0 atom stereocenters. The van der Waals surface area contributed by atoms with Crippen molar-refractivity contribution in [3.05, 3.63) is 77.9 Å². The second-order valence-electron chi connectivity index (χ2n) is 8.14. The van der Waals surface area contributed by atoms with E-state index in [1.54, 1.807) is 24.3 Å². The van der Waals surface area contributed by atoms with E-state index in [-0.39, 0.29) is 10.6 Å². The number of hydrazone groups is 1. The van der Waals surface area contributed by atoms with Crippen molar-refractivity contribution in [2.24, 2.45) is 5.10 Å². The molecule has 0 aliphatic rings. The summed E-state index contributed by atoms with van der Waals surface area (Å²) >= 11 is 0. The number of amides is 1. The van der Waals surface area contributed by atoms with Crippen molar-refractivity contribution in [3.8, 4) is 11.5 Å². The predicted molar refractivity (Wildman–Crippen MR) is 142 cm³/mol. The fraction of sp³-hybridized carbons (Fsp3) is 0.231. The number of nitrogens with zero attached hydrogens (tertiary/aromatic N) is 3. The summed E-state index contributed by atoms with van der Waals surface area (Å²) in [6.07, 6.45) is 1.50. The van der Waals surface area contributed by atoms with Crippen LogP contribution >= 0.6 is 0 Å². The van der Waals surface area contributed by atoms with Gasteiger partial charge in [-0.1, -0.05) is 29.8 Å². The van der Waals surface area contributed by atoms with Crippen LogP contribution < -0.4 is 24.1 Å². The summed E-state index contributed by atoms with van der Waals surface area (Å²) in [5, 5.41) is 3.99. The Balaban J connectivity index is 1.85. The number of ether oxygens (including phenoxy) is 2. The molecule has 3 aromatic rings. The maximum absolute atomic E-state index is 13.6. The fourth-order valence-corrected chi connectivity index (χ4v) is 4.77. The minimum atomic E-state index is -4.13. The second-order valence-corrected chi connectivity index (χ2v) is 10.0. The summed E-state index contributed by atoms with van der Waals surface area (Å²) in [5.41, 5.74) is 5.53. The van der Waals surface area contributed by atoms with Crippen LogP contribution in [0.3, 0.4) is 0 Å². The summed E-state index contributed by atoms with van der Waals surface area (Å²) in [6, 6.07) is 18.7. The van der Waals surface area contributed by atoms with E-state index in [1.165, 1.54) is 38.6 Å². The van der Waals surface area contributed by atoms with Crippen LogP contribution in [0, 0.1) is 6.92 Å². The first-order valence-corrected chi connectivity index (χ1v) is 12.5. The van der Waals surface area contributed by atoms with Crippen molar-refractivity contribution < 1.29 is 22.7 Å². The first-order chi connectivity index (χ1) is 17.1. The van der Waals surface area contributed by atoms with Gasteiger partial charge in [0.15, 0.2) is 11.5 Å². The Morgan fingerprint density at radius 1 is 0.917 bits per heavy atom. The van der Waals surface area contributed by atoms with Gasteiger partial charge in [-0.15, -0.1) is 0 Å². The van der Waals surface area contributed by atoms with Crippen molar-refractivity contribution in [3.63, 3.8) is 0 Å². The van der Waals surface area contributed by atoms with Crippen molar-refractivity contribution in [2.75, 3.05) is 44.1 Å². The maximum Gasteiger partial charge on any atom is 0.264 e. The third-order valence-electron chi connectivity index (χ3n) is 5.36. The third-order valence-corrected chi connectivity index (χ3v) is 7.13. The number of carbonyl (C=O) groups excluding carboxylic acids is 1. The average molecular weight is 511 g/mol. The molecule has 3 rings (SSSR count). The third kappa shape index (κ3) is 6.33. The highest BCUT2D eigenvalue weighted by molar-refractivity contribution is 7.92. The second kappa shape index (κ2) is 11.6. The van der Waals surface area contributed by atoms with Crippen LogP contribution in [0.5, 0.6) is 11.5 Å². The van der Waals surface area contributed by atoms with Gasteiger partial charge in [-0.3, -0.25) is 9.10 Å². The van der Waals surface area contributed by atoms with Gasteiger partial charge in [0.2, 0.25) is 0 Å². The molecule has 3 aromatic carbocycles. The number of rotatable bonds is 10. The SMILES string of the molecule is COc1ccc(S(=O)(=O)N(CC(=O)N/N=C\c2ccc(N(C)C)cc2)c2ccc(C)cc2)cc1OC. The summed E-state index contributed by atoms with van der Waals surface area (Å²) in [5.74, 6) is 0.0570. The van der Waals surface area contributed by atoms with Gasteiger partial charge in [0.1, 0.15) is 6.54 Å². The average Bonchev–Trinajstić information content (AvgIpc) is 2.87. The molecule has 0 saturated carbocycles. The fourth-order valence-electron chi connectivity index (χ4n) is 3.33. The number of benzene rings is 3. The molecular weight excluding hydrogens is 480 g/mol. The molecule has 0 aromatic heterocycles. The van der Waals surface area contributed by atoms with Crippen LogP contribution in [0.1, 0.15) is 11.1 Å². The van der Waals surface area contributed by atoms with E-state index in [2.05, 4.69) is 10.5 Å². The smallest absolute Gasteiger partial charge is 0.264 e. The number of sulfonamides is 1. The zero-order valence-electron chi connectivity index (χ0n) is 20.9. The van der Waals surface area contributed by atoms with Crippen molar-refractivity contribution in [1.82, 2.24) is 5.43 Å². The van der Waals surface area contributed by atoms with Crippen LogP contribution in [-0.4, -0.2) is 55.4 Å². The highest BCUT2D eigenvalue weighted by Gasteiger charge is 2.28. The molecule has 0 unspecified atom stereocenters. The molecule has 0 saturated heterocycles. The van der Waals surface area contributed by atoms with E-state index in [0.29, 0.717) is 11.4 Å². The molecule has 0 aliphatic heterocycles. The van der Waals surface area contributed by atoms with Gasteiger partial charge in [0.05, 0.1) is 31.0 Å². The van der Waals surface area contributed by atoms with Crippen LogP contribution in [0.25, 0.3) is 0 Å². The number of hydrogen-bond donors (Lipinski definition) is 1. The first kappa shape index (κ1) is 26.6. The lowest BCUT2D eigenvalue weighted by Gasteiger charge is -2.24. The molecule has 36 heavy (non-hydrogen) atoms. The van der Waals surface area contributed by atoms with Crippen molar-refractivity contribution >= 4 is 33.5 Å². The summed E-state index contributed by atoms with van der Waals surface area (Å²) < 4.78 is 38.7. The summed E-state index contributed by atoms with van der Waals surface area (Å²) in [6.45, 7) is 1.42.